The van der Waals surface area contributed by atoms with Crippen molar-refractivity contribution < 1.29 is 0 Å². The Kier molecular flexibility index (Phi) is 2.84. The van der Waals surface area contributed by atoms with Crippen molar-refractivity contribution in [3.05, 3.63) is 33.9 Å². The molecule has 0 unspecified atom stereocenters. The Labute approximate surface area is 75.6 Å². The van der Waals surface area contributed by atoms with E-state index in [1.165, 1.54) is 0 Å². The Morgan fingerprint density at radius 3 is 3.00 bits per heavy atom. The van der Waals surface area contributed by atoms with E-state index in [4.69, 9.17) is 5.26 Å². The summed E-state index contributed by atoms with van der Waals surface area (Å²) in [6.45, 7) is 5.56. The van der Waals surface area contributed by atoms with Crippen molar-refractivity contribution in [2.45, 2.75) is 6.92 Å². The molecule has 0 radical (unpaired) electrons. The van der Waals surface area contributed by atoms with E-state index in [9.17, 15) is 0 Å². The molecule has 12 heavy (non-hydrogen) atoms. The van der Waals surface area contributed by atoms with Gasteiger partial charge < -0.3 is 0 Å². The Morgan fingerprint density at radius 1 is 1.75 bits per heavy atom. The molecule has 1 heterocycles. The first-order valence-electron chi connectivity index (χ1n) is 3.60. The molecule has 0 bridgehead atoms. The van der Waals surface area contributed by atoms with Crippen molar-refractivity contribution in [3.8, 4) is 6.07 Å². The second kappa shape index (κ2) is 3.89. The van der Waals surface area contributed by atoms with Crippen LogP contribution in [-0.4, -0.2) is 0 Å². The van der Waals surface area contributed by atoms with E-state index in [0.29, 0.717) is 5.57 Å². The standard InChI is InChI=1S/C10H9NS/c1-3-8(7-11)9-5-6-12-10(9)4-2/h3-6H,1H2,2H3/b9-8+,10-4+. The Morgan fingerprint density at radius 2 is 2.50 bits per heavy atom. The molecular weight excluding hydrogens is 166 g/mol. The minimum absolute atomic E-state index is 0.643. The van der Waals surface area contributed by atoms with Gasteiger partial charge in [-0.3, -0.25) is 0 Å². The molecule has 0 spiro atoms. The number of rotatable bonds is 1. The Hall–Kier alpha value is -1.33. The zero-order chi connectivity index (χ0) is 8.97. The third-order valence-corrected chi connectivity index (χ3v) is 2.55. The van der Waals surface area contributed by atoms with E-state index in [1.807, 2.05) is 24.4 Å². The fraction of sp³-hybridized carbons (Fsp3) is 0.100. The molecule has 1 rings (SSSR count). The first-order chi connectivity index (χ1) is 5.83. The van der Waals surface area contributed by atoms with Gasteiger partial charge in [0.15, 0.2) is 0 Å². The van der Waals surface area contributed by atoms with E-state index < -0.39 is 0 Å². The minimum atomic E-state index is 0.643. The maximum atomic E-state index is 8.75. The number of nitrogens with zero attached hydrogens (tertiary/aromatic N) is 1. The van der Waals surface area contributed by atoms with Gasteiger partial charge in [-0.2, -0.15) is 5.26 Å². The maximum absolute atomic E-state index is 8.75. The summed E-state index contributed by atoms with van der Waals surface area (Å²) in [5.74, 6) is 0. The number of hydrogen-bond donors (Lipinski definition) is 0. The summed E-state index contributed by atoms with van der Waals surface area (Å²) in [5, 5.41) is 11.7. The van der Waals surface area contributed by atoms with Gasteiger partial charge in [0.05, 0.1) is 11.6 Å². The second-order valence-corrected chi connectivity index (χ2v) is 3.16. The smallest absolute Gasteiger partial charge is 0.0998 e. The summed E-state index contributed by atoms with van der Waals surface area (Å²) >= 11 is 1.63. The topological polar surface area (TPSA) is 23.8 Å². The molecular formula is C10H9NS. The zero-order valence-corrected chi connectivity index (χ0v) is 7.69. The predicted molar refractivity (Wildman–Crippen MR) is 52.9 cm³/mol. The number of thiophene rings is 1. The molecule has 2 heteroatoms. The summed E-state index contributed by atoms with van der Waals surface area (Å²) in [4.78, 5) is 0. The SMILES string of the molecule is C=C/C(C#N)=c1/ccs/c1=C/C. The maximum Gasteiger partial charge on any atom is 0.0998 e. The summed E-state index contributed by atoms with van der Waals surface area (Å²) in [7, 11) is 0. The van der Waals surface area contributed by atoms with Crippen LogP contribution in [-0.2, 0) is 0 Å². The number of nitriles is 1. The first-order valence-corrected chi connectivity index (χ1v) is 4.48. The van der Waals surface area contributed by atoms with Gasteiger partial charge in [-0.25, -0.2) is 0 Å². The van der Waals surface area contributed by atoms with Crippen molar-refractivity contribution in [2.24, 2.45) is 0 Å². The molecule has 1 aromatic heterocycles. The molecule has 0 atom stereocenters. The lowest BCUT2D eigenvalue weighted by Gasteiger charge is -1.82. The summed E-state index contributed by atoms with van der Waals surface area (Å²) in [5.41, 5.74) is 0.643. The highest BCUT2D eigenvalue weighted by atomic mass is 32.1. The van der Waals surface area contributed by atoms with Gasteiger partial charge in [-0.15, -0.1) is 11.3 Å². The highest BCUT2D eigenvalue weighted by Crippen LogP contribution is 1.91. The minimum Gasteiger partial charge on any atom is -0.192 e. The van der Waals surface area contributed by atoms with Gasteiger partial charge in [-0.05, 0) is 18.4 Å². The molecule has 0 saturated carbocycles. The molecule has 0 aliphatic heterocycles. The highest BCUT2D eigenvalue weighted by Gasteiger charge is 1.92. The normalized spacial score (nSPS) is 13.8. The van der Waals surface area contributed by atoms with Crippen molar-refractivity contribution in [3.63, 3.8) is 0 Å². The van der Waals surface area contributed by atoms with E-state index in [2.05, 4.69) is 12.6 Å². The quantitative estimate of drug-likeness (QED) is 0.633. The third kappa shape index (κ3) is 1.46. The van der Waals surface area contributed by atoms with E-state index in [1.54, 1.807) is 17.4 Å². The first kappa shape index (κ1) is 8.76. The van der Waals surface area contributed by atoms with Gasteiger partial charge in [0, 0.05) is 9.75 Å². The monoisotopic (exact) mass is 175 g/mol. The Balaban J connectivity index is 3.67. The molecule has 0 saturated heterocycles. The van der Waals surface area contributed by atoms with Crippen LogP contribution in [0.3, 0.4) is 0 Å². The average molecular weight is 175 g/mol. The van der Waals surface area contributed by atoms with E-state index in [0.717, 1.165) is 9.75 Å². The molecule has 0 N–H and O–H groups in total. The van der Waals surface area contributed by atoms with Gasteiger partial charge in [0.2, 0.25) is 0 Å². The van der Waals surface area contributed by atoms with E-state index >= 15 is 0 Å². The van der Waals surface area contributed by atoms with Crippen LogP contribution in [0.1, 0.15) is 6.92 Å². The van der Waals surface area contributed by atoms with Crippen LogP contribution in [0.4, 0.5) is 0 Å². The fourth-order valence-electron chi connectivity index (χ4n) is 0.983. The van der Waals surface area contributed by atoms with E-state index in [-0.39, 0.29) is 0 Å². The Bertz CT molecular complexity index is 431. The molecule has 0 fully saturated rings. The molecule has 0 aliphatic carbocycles. The summed E-state index contributed by atoms with van der Waals surface area (Å²) in [6.07, 6.45) is 3.59. The van der Waals surface area contributed by atoms with Crippen LogP contribution in [0.15, 0.2) is 24.1 Å². The molecule has 1 aromatic rings. The van der Waals surface area contributed by atoms with Crippen LogP contribution in [0.5, 0.6) is 0 Å². The van der Waals surface area contributed by atoms with Crippen molar-refractivity contribution >= 4 is 23.0 Å². The van der Waals surface area contributed by atoms with Gasteiger partial charge >= 0.3 is 0 Å². The fourth-order valence-corrected chi connectivity index (χ4v) is 1.77. The molecule has 0 amide bonds. The van der Waals surface area contributed by atoms with Crippen molar-refractivity contribution in [1.29, 1.82) is 5.26 Å². The average Bonchev–Trinajstić information content (AvgIpc) is 2.55. The zero-order valence-electron chi connectivity index (χ0n) is 6.87. The third-order valence-electron chi connectivity index (χ3n) is 1.57. The summed E-state index contributed by atoms with van der Waals surface area (Å²) in [6, 6.07) is 4.06. The van der Waals surface area contributed by atoms with Crippen molar-refractivity contribution in [2.75, 3.05) is 0 Å². The number of hydrogen-bond acceptors (Lipinski definition) is 2. The molecule has 60 valence electrons. The van der Waals surface area contributed by atoms with Crippen LogP contribution in [0.2, 0.25) is 0 Å². The molecule has 1 nitrogen and oxygen atoms in total. The van der Waals surface area contributed by atoms with Gasteiger partial charge in [0.1, 0.15) is 0 Å². The van der Waals surface area contributed by atoms with Crippen LogP contribution < -0.4 is 9.75 Å². The molecule has 0 aliphatic rings. The van der Waals surface area contributed by atoms with Gasteiger partial charge in [0.25, 0.3) is 0 Å². The lowest BCUT2D eigenvalue weighted by atomic mass is 10.2. The largest absolute Gasteiger partial charge is 0.192 e. The lowest BCUT2D eigenvalue weighted by Crippen LogP contribution is -2.19. The lowest BCUT2D eigenvalue weighted by molar-refractivity contribution is 1.52. The summed E-state index contributed by atoms with van der Waals surface area (Å²) < 4.78 is 1.13. The highest BCUT2D eigenvalue weighted by molar-refractivity contribution is 7.07. The molecule has 0 aromatic carbocycles. The van der Waals surface area contributed by atoms with Crippen LogP contribution >= 0.6 is 11.3 Å². The van der Waals surface area contributed by atoms with Crippen LogP contribution in [0, 0.1) is 11.3 Å². The van der Waals surface area contributed by atoms with Gasteiger partial charge in [-0.1, -0.05) is 18.7 Å². The van der Waals surface area contributed by atoms with Crippen molar-refractivity contribution in [1.82, 2.24) is 0 Å². The second-order valence-electron chi connectivity index (χ2n) is 2.22. The number of allylic oxidation sites excluding steroid dienone is 1. The predicted octanol–water partition coefficient (Wildman–Crippen LogP) is 1.41. The van der Waals surface area contributed by atoms with Crippen LogP contribution in [0.25, 0.3) is 11.6 Å².